The molecule has 1 aromatic carbocycles. The maximum absolute atomic E-state index is 17.2. The third-order valence-electron chi connectivity index (χ3n) is 11.3. The van der Waals surface area contributed by atoms with Crippen molar-refractivity contribution in [1.82, 2.24) is 15.1 Å². The summed E-state index contributed by atoms with van der Waals surface area (Å²) in [6.07, 6.45) is 1.31. The number of hydrogen-bond acceptors (Lipinski definition) is 5. The molecule has 4 fully saturated rings. The first-order valence-electron chi connectivity index (χ1n) is 13.7. The molecule has 0 radical (unpaired) electrons. The number of nitrogens with zero attached hydrogens (tertiary/aromatic N) is 2. The summed E-state index contributed by atoms with van der Waals surface area (Å²) >= 11 is 0. The van der Waals surface area contributed by atoms with Crippen molar-refractivity contribution in [3.8, 4) is 0 Å². The monoisotopic (exact) mass is 513 g/mol. The SMILES string of the molecule is Cc1n[nH]c2ccc(C3=CCC4[C@@]56CC[C@]7(C[C@H](N(C)C)[C@@H](O)[C@H](O)C7(F)CC5(F)CC[C@]34C)O6)cc12. The van der Waals surface area contributed by atoms with Crippen LogP contribution in [0.15, 0.2) is 24.3 Å². The van der Waals surface area contributed by atoms with E-state index in [2.05, 4.69) is 41.4 Å². The van der Waals surface area contributed by atoms with Crippen molar-refractivity contribution in [2.75, 3.05) is 14.1 Å². The molecule has 2 aliphatic heterocycles. The lowest BCUT2D eigenvalue weighted by Gasteiger charge is -2.65. The number of rotatable bonds is 2. The van der Waals surface area contributed by atoms with Crippen molar-refractivity contribution in [3.05, 3.63) is 35.5 Å². The van der Waals surface area contributed by atoms with E-state index in [1.165, 1.54) is 5.57 Å². The zero-order valence-electron chi connectivity index (χ0n) is 22.0. The number of aryl methyl sites for hydroxylation is 1. The number of alkyl halides is 2. The van der Waals surface area contributed by atoms with Crippen LogP contribution >= 0.6 is 0 Å². The lowest BCUT2D eigenvalue weighted by molar-refractivity contribution is -0.347. The van der Waals surface area contributed by atoms with Gasteiger partial charge in [-0.3, -0.25) is 5.10 Å². The topological polar surface area (TPSA) is 81.6 Å². The largest absolute Gasteiger partial charge is 0.389 e. The van der Waals surface area contributed by atoms with Crippen molar-refractivity contribution in [1.29, 1.82) is 0 Å². The van der Waals surface area contributed by atoms with Crippen LogP contribution in [0, 0.1) is 18.3 Å². The second-order valence-corrected chi connectivity index (χ2v) is 13.1. The van der Waals surface area contributed by atoms with Gasteiger partial charge in [-0.05, 0) is 88.2 Å². The highest BCUT2D eigenvalue weighted by Gasteiger charge is 2.82. The van der Waals surface area contributed by atoms with E-state index in [9.17, 15) is 10.2 Å². The molecule has 37 heavy (non-hydrogen) atoms. The molecule has 2 aromatic rings. The number of ether oxygens (including phenoxy) is 1. The number of H-pyrrole nitrogens is 1. The highest BCUT2D eigenvalue weighted by atomic mass is 19.2. The highest BCUT2D eigenvalue weighted by Crippen LogP contribution is 2.74. The van der Waals surface area contributed by atoms with Crippen LogP contribution in [0.3, 0.4) is 0 Å². The molecular weight excluding hydrogens is 476 g/mol. The molecule has 3 unspecified atom stereocenters. The molecule has 8 heteroatoms. The molecule has 9 atom stereocenters. The van der Waals surface area contributed by atoms with E-state index in [1.807, 2.05) is 25.9 Å². The van der Waals surface area contributed by atoms with Crippen LogP contribution in [0.5, 0.6) is 0 Å². The van der Waals surface area contributed by atoms with Crippen LogP contribution in [-0.2, 0) is 4.74 Å². The minimum atomic E-state index is -2.32. The van der Waals surface area contributed by atoms with Gasteiger partial charge in [-0.15, -0.1) is 0 Å². The van der Waals surface area contributed by atoms with E-state index in [0.717, 1.165) is 22.2 Å². The summed E-state index contributed by atoms with van der Waals surface area (Å²) < 4.78 is 41.0. The number of nitrogens with one attached hydrogen (secondary N) is 1. The molecule has 1 aromatic heterocycles. The molecule has 0 amide bonds. The number of fused-ring (bicyclic) bond motifs is 2. The molecule has 6 nitrogen and oxygen atoms in total. The Kier molecular flexibility index (Phi) is 4.71. The Bertz CT molecular complexity index is 1330. The summed E-state index contributed by atoms with van der Waals surface area (Å²) in [5.74, 6) is -0.124. The van der Waals surface area contributed by atoms with Gasteiger partial charge in [-0.25, -0.2) is 8.78 Å². The average Bonchev–Trinajstić information content (AvgIpc) is 3.52. The predicted octanol–water partition coefficient (Wildman–Crippen LogP) is 4.24. The Hall–Kier alpha value is -1.87. The smallest absolute Gasteiger partial charge is 0.171 e. The van der Waals surface area contributed by atoms with Gasteiger partial charge in [0.05, 0.1) is 17.3 Å². The number of aromatic amines is 1. The third kappa shape index (κ3) is 2.70. The fraction of sp³-hybridized carbons (Fsp3) is 0.690. The number of benzene rings is 1. The standard InChI is InChI=1S/C29H37F2N3O3/c1-16-18-13-17(5-7-20(18)33-32-16)19-6-8-22-25(19,2)9-10-26(30)15-28(31)24(36)23(35)21(34(3)4)14-27(28)11-12-29(22,26)37-27/h5-7,13,21-24,35-36H,8-12,14-15H2,1-4H3,(H,32,33)/t21-,22?,23+,24-,25+,26?,27+,28?,29-/m0/s1. The summed E-state index contributed by atoms with van der Waals surface area (Å²) in [5.41, 5.74) is -2.66. The maximum Gasteiger partial charge on any atom is 0.171 e. The normalized spacial score (nSPS) is 48.6. The first-order valence-corrected chi connectivity index (χ1v) is 13.7. The number of aliphatic hydroxyl groups is 2. The number of allylic oxidation sites excluding steroid dienone is 2. The quantitative estimate of drug-likeness (QED) is 0.560. The number of halogens is 2. The first-order chi connectivity index (χ1) is 17.4. The van der Waals surface area contributed by atoms with Gasteiger partial charge >= 0.3 is 0 Å². The molecule has 2 saturated carbocycles. The van der Waals surface area contributed by atoms with E-state index >= 15 is 8.78 Å². The van der Waals surface area contributed by atoms with Crippen molar-refractivity contribution < 1.29 is 23.7 Å². The minimum Gasteiger partial charge on any atom is -0.389 e. The third-order valence-corrected chi connectivity index (χ3v) is 11.3. The maximum atomic E-state index is 17.2. The summed E-state index contributed by atoms with van der Waals surface area (Å²) in [5, 5.41) is 30.4. The van der Waals surface area contributed by atoms with Gasteiger partial charge in [-0.1, -0.05) is 19.1 Å². The number of aliphatic hydroxyl groups excluding tert-OH is 2. The molecule has 7 rings (SSSR count). The molecule has 3 heterocycles. The molecule has 3 aliphatic carbocycles. The van der Waals surface area contributed by atoms with Gasteiger partial charge in [0.2, 0.25) is 0 Å². The Morgan fingerprint density at radius 2 is 1.92 bits per heavy atom. The van der Waals surface area contributed by atoms with Crippen LogP contribution in [0.4, 0.5) is 8.78 Å². The van der Waals surface area contributed by atoms with Crippen LogP contribution in [0.1, 0.15) is 63.1 Å². The molecular formula is C29H37F2N3O3. The van der Waals surface area contributed by atoms with Gasteiger partial charge in [0.1, 0.15) is 23.0 Å². The summed E-state index contributed by atoms with van der Waals surface area (Å²) in [6.45, 7) is 4.21. The van der Waals surface area contributed by atoms with Gasteiger partial charge in [0, 0.05) is 23.8 Å². The number of hydrogen-bond donors (Lipinski definition) is 3. The van der Waals surface area contributed by atoms with E-state index in [4.69, 9.17) is 4.74 Å². The van der Waals surface area contributed by atoms with E-state index in [-0.39, 0.29) is 24.2 Å². The Morgan fingerprint density at radius 3 is 2.68 bits per heavy atom. The summed E-state index contributed by atoms with van der Waals surface area (Å²) in [4.78, 5) is 1.82. The molecule has 5 aliphatic rings. The Labute approximate surface area is 216 Å². The minimum absolute atomic E-state index is 0.124. The number of likely N-dealkylation sites (N-methyl/N-ethyl adjacent to an activating group) is 1. The van der Waals surface area contributed by atoms with Gasteiger partial charge in [0.15, 0.2) is 5.67 Å². The predicted molar refractivity (Wildman–Crippen MR) is 136 cm³/mol. The molecule has 3 N–H and O–H groups in total. The summed E-state index contributed by atoms with van der Waals surface area (Å²) in [6, 6.07) is 5.88. The van der Waals surface area contributed by atoms with Gasteiger partial charge in [0.25, 0.3) is 0 Å². The van der Waals surface area contributed by atoms with Crippen molar-refractivity contribution in [2.24, 2.45) is 11.3 Å². The first kappa shape index (κ1) is 24.2. The van der Waals surface area contributed by atoms with Crippen LogP contribution in [-0.4, -0.2) is 80.2 Å². The van der Waals surface area contributed by atoms with Gasteiger partial charge in [-0.2, -0.15) is 5.10 Å². The molecule has 2 bridgehead atoms. The van der Waals surface area contributed by atoms with Crippen LogP contribution in [0.25, 0.3) is 16.5 Å². The fourth-order valence-electron chi connectivity index (χ4n) is 9.29. The Morgan fingerprint density at radius 1 is 1.14 bits per heavy atom. The lowest BCUT2D eigenvalue weighted by Crippen LogP contribution is -2.78. The fourth-order valence-corrected chi connectivity index (χ4v) is 9.29. The summed E-state index contributed by atoms with van der Waals surface area (Å²) in [7, 11) is 3.64. The van der Waals surface area contributed by atoms with Gasteiger partial charge < -0.3 is 19.8 Å². The Balaban J connectivity index is 1.30. The van der Waals surface area contributed by atoms with Crippen molar-refractivity contribution >= 4 is 16.5 Å². The zero-order chi connectivity index (χ0) is 26.2. The van der Waals surface area contributed by atoms with Crippen molar-refractivity contribution in [2.45, 2.75) is 99.6 Å². The zero-order valence-corrected chi connectivity index (χ0v) is 22.0. The second-order valence-electron chi connectivity index (χ2n) is 13.1. The van der Waals surface area contributed by atoms with Crippen LogP contribution in [0.2, 0.25) is 0 Å². The molecule has 2 saturated heterocycles. The van der Waals surface area contributed by atoms with Crippen LogP contribution < -0.4 is 0 Å². The van der Waals surface area contributed by atoms with Crippen molar-refractivity contribution in [3.63, 3.8) is 0 Å². The average molecular weight is 514 g/mol. The highest BCUT2D eigenvalue weighted by molar-refractivity contribution is 5.87. The van der Waals surface area contributed by atoms with E-state index in [0.29, 0.717) is 25.7 Å². The lowest BCUT2D eigenvalue weighted by atomic mass is 9.51. The molecule has 200 valence electrons. The second kappa shape index (κ2) is 7.20. The number of aromatic nitrogens is 2. The van der Waals surface area contributed by atoms with E-state index < -0.39 is 47.2 Å². The molecule has 2 spiro atoms. The van der Waals surface area contributed by atoms with E-state index in [1.54, 1.807) is 0 Å².